The summed E-state index contributed by atoms with van der Waals surface area (Å²) < 4.78 is 5.66. The van der Waals surface area contributed by atoms with E-state index in [0.29, 0.717) is 29.6 Å². The number of fused-ring (bicyclic) bond motifs is 1. The average molecular weight is 351 g/mol. The number of carbonyl (C=O) groups is 1. The van der Waals surface area contributed by atoms with Crippen LogP contribution in [0.3, 0.4) is 0 Å². The van der Waals surface area contributed by atoms with E-state index in [1.54, 1.807) is 30.1 Å². The Hall–Kier alpha value is -3.15. The highest BCUT2D eigenvalue weighted by Crippen LogP contribution is 2.14. The number of likely N-dealkylation sites (N-methyl/N-ethyl adjacent to an activating group) is 1. The Labute approximate surface area is 151 Å². The predicted molar refractivity (Wildman–Crippen MR) is 100 cm³/mol. The van der Waals surface area contributed by atoms with E-state index in [4.69, 9.17) is 4.74 Å². The first-order valence-corrected chi connectivity index (χ1v) is 8.44. The van der Waals surface area contributed by atoms with Crippen LogP contribution in [0.15, 0.2) is 53.3 Å². The van der Waals surface area contributed by atoms with E-state index in [0.717, 1.165) is 5.75 Å². The van der Waals surface area contributed by atoms with Crippen molar-refractivity contribution < 1.29 is 9.53 Å². The molecule has 0 aliphatic heterocycles. The molecule has 1 aromatic heterocycles. The Kier molecular flexibility index (Phi) is 5.31. The van der Waals surface area contributed by atoms with Crippen molar-refractivity contribution >= 4 is 16.7 Å². The van der Waals surface area contributed by atoms with Gasteiger partial charge in [0.2, 0.25) is 5.91 Å². The number of hydrogen-bond acceptors (Lipinski definition) is 4. The molecule has 6 heteroatoms. The van der Waals surface area contributed by atoms with Crippen molar-refractivity contribution in [1.82, 2.24) is 15.1 Å². The minimum atomic E-state index is -0.253. The summed E-state index contributed by atoms with van der Waals surface area (Å²) in [7, 11) is 1.73. The fourth-order valence-corrected chi connectivity index (χ4v) is 2.64. The number of rotatable bonds is 6. The van der Waals surface area contributed by atoms with Crippen LogP contribution in [0.25, 0.3) is 10.8 Å². The van der Waals surface area contributed by atoms with E-state index in [2.05, 4.69) is 10.2 Å². The molecule has 0 fully saturated rings. The minimum Gasteiger partial charge on any atom is -0.492 e. The van der Waals surface area contributed by atoms with Crippen LogP contribution in [0.2, 0.25) is 0 Å². The van der Waals surface area contributed by atoms with Crippen molar-refractivity contribution in [3.05, 3.63) is 70.1 Å². The lowest BCUT2D eigenvalue weighted by molar-refractivity contribution is -0.129. The second-order valence-electron chi connectivity index (χ2n) is 6.20. The highest BCUT2D eigenvalue weighted by Gasteiger charge is 2.14. The van der Waals surface area contributed by atoms with Crippen LogP contribution in [0.5, 0.6) is 5.75 Å². The van der Waals surface area contributed by atoms with Gasteiger partial charge in [0.15, 0.2) is 0 Å². The molecule has 3 rings (SSSR count). The Morgan fingerprint density at radius 3 is 2.54 bits per heavy atom. The molecule has 6 nitrogen and oxygen atoms in total. The second-order valence-corrected chi connectivity index (χ2v) is 6.20. The van der Waals surface area contributed by atoms with Gasteiger partial charge in [-0.1, -0.05) is 35.9 Å². The zero-order valence-corrected chi connectivity index (χ0v) is 14.9. The fraction of sp³-hybridized carbons (Fsp3) is 0.250. The largest absolute Gasteiger partial charge is 0.492 e. The molecule has 3 aromatic rings. The van der Waals surface area contributed by atoms with Crippen LogP contribution in [-0.2, 0) is 11.2 Å². The van der Waals surface area contributed by atoms with Crippen molar-refractivity contribution in [2.75, 3.05) is 20.2 Å². The van der Waals surface area contributed by atoms with Crippen molar-refractivity contribution in [1.29, 1.82) is 0 Å². The van der Waals surface area contributed by atoms with Crippen LogP contribution in [0, 0.1) is 6.92 Å². The van der Waals surface area contributed by atoms with Crippen molar-refractivity contribution in [3.63, 3.8) is 0 Å². The molecule has 2 aromatic carbocycles. The highest BCUT2D eigenvalue weighted by molar-refractivity contribution is 5.88. The van der Waals surface area contributed by atoms with Crippen molar-refractivity contribution in [2.45, 2.75) is 13.3 Å². The van der Waals surface area contributed by atoms with E-state index in [1.807, 2.05) is 37.3 Å². The number of benzene rings is 2. The topological polar surface area (TPSA) is 75.3 Å². The van der Waals surface area contributed by atoms with E-state index in [1.165, 1.54) is 5.56 Å². The van der Waals surface area contributed by atoms with Gasteiger partial charge in [0.05, 0.1) is 24.0 Å². The molecule has 0 aliphatic rings. The second kappa shape index (κ2) is 7.82. The number of H-pyrrole nitrogens is 1. The maximum absolute atomic E-state index is 12.5. The summed E-state index contributed by atoms with van der Waals surface area (Å²) in [4.78, 5) is 25.9. The summed E-state index contributed by atoms with van der Waals surface area (Å²) in [5.41, 5.74) is 1.48. The molecule has 0 unspecified atom stereocenters. The van der Waals surface area contributed by atoms with Gasteiger partial charge in [0, 0.05) is 12.4 Å². The summed E-state index contributed by atoms with van der Waals surface area (Å²) >= 11 is 0. The van der Waals surface area contributed by atoms with Gasteiger partial charge >= 0.3 is 0 Å². The number of nitrogens with one attached hydrogen (secondary N) is 1. The zero-order valence-electron chi connectivity index (χ0n) is 14.9. The molecule has 0 spiro atoms. The third-order valence-electron chi connectivity index (χ3n) is 4.24. The van der Waals surface area contributed by atoms with Gasteiger partial charge in [-0.15, -0.1) is 0 Å². The number of ether oxygens (including phenoxy) is 1. The quantitative estimate of drug-likeness (QED) is 0.739. The van der Waals surface area contributed by atoms with Gasteiger partial charge in [0.25, 0.3) is 5.56 Å². The number of aromatic amines is 1. The molecule has 0 saturated heterocycles. The first-order valence-electron chi connectivity index (χ1n) is 8.44. The van der Waals surface area contributed by atoms with E-state index in [9.17, 15) is 9.59 Å². The summed E-state index contributed by atoms with van der Waals surface area (Å²) in [6.07, 6.45) is 0.123. The maximum atomic E-state index is 12.5. The Balaban J connectivity index is 1.60. The van der Waals surface area contributed by atoms with Crippen LogP contribution in [0.4, 0.5) is 0 Å². The lowest BCUT2D eigenvalue weighted by atomic mass is 10.1. The predicted octanol–water partition coefficient (Wildman–Crippen LogP) is 2.31. The van der Waals surface area contributed by atoms with Gasteiger partial charge in [-0.2, -0.15) is 5.10 Å². The Bertz CT molecular complexity index is 964. The number of amides is 1. The first kappa shape index (κ1) is 17.7. The third kappa shape index (κ3) is 4.08. The van der Waals surface area contributed by atoms with E-state index < -0.39 is 0 Å². The van der Waals surface area contributed by atoms with Crippen LogP contribution in [0.1, 0.15) is 11.3 Å². The molecular formula is C20H21N3O3. The van der Waals surface area contributed by atoms with Gasteiger partial charge < -0.3 is 9.64 Å². The van der Waals surface area contributed by atoms with Crippen LogP contribution in [-0.4, -0.2) is 41.2 Å². The SMILES string of the molecule is Cc1ccc(OCCN(C)C(=O)Cc2n[nH]c(=O)c3ccccc23)cc1. The molecule has 0 aliphatic carbocycles. The monoisotopic (exact) mass is 351 g/mol. The minimum absolute atomic E-state index is 0.0813. The van der Waals surface area contributed by atoms with Gasteiger partial charge in [-0.05, 0) is 25.1 Å². The van der Waals surface area contributed by atoms with Crippen molar-refractivity contribution in [2.24, 2.45) is 0 Å². The molecule has 0 radical (unpaired) electrons. The zero-order chi connectivity index (χ0) is 18.5. The van der Waals surface area contributed by atoms with E-state index in [-0.39, 0.29) is 17.9 Å². The molecule has 26 heavy (non-hydrogen) atoms. The molecule has 0 bridgehead atoms. The summed E-state index contributed by atoms with van der Waals surface area (Å²) in [6.45, 7) is 2.89. The Morgan fingerprint density at radius 2 is 1.81 bits per heavy atom. The van der Waals surface area contributed by atoms with Gasteiger partial charge in [-0.25, -0.2) is 5.10 Å². The molecule has 1 N–H and O–H groups in total. The van der Waals surface area contributed by atoms with Crippen molar-refractivity contribution in [3.8, 4) is 5.75 Å². The van der Waals surface area contributed by atoms with Crippen LogP contribution >= 0.6 is 0 Å². The summed E-state index contributed by atoms with van der Waals surface area (Å²) in [5.74, 6) is 0.701. The maximum Gasteiger partial charge on any atom is 0.272 e. The Morgan fingerprint density at radius 1 is 1.12 bits per heavy atom. The number of aryl methyl sites for hydroxylation is 1. The highest BCUT2D eigenvalue weighted by atomic mass is 16.5. The fourth-order valence-electron chi connectivity index (χ4n) is 2.64. The normalized spacial score (nSPS) is 10.7. The lowest BCUT2D eigenvalue weighted by Crippen LogP contribution is -2.32. The number of hydrogen-bond donors (Lipinski definition) is 1. The molecule has 1 heterocycles. The van der Waals surface area contributed by atoms with Gasteiger partial charge in [-0.3, -0.25) is 9.59 Å². The summed E-state index contributed by atoms with van der Waals surface area (Å²) in [6, 6.07) is 14.9. The van der Waals surface area contributed by atoms with E-state index >= 15 is 0 Å². The smallest absolute Gasteiger partial charge is 0.272 e. The lowest BCUT2D eigenvalue weighted by Gasteiger charge is -2.17. The number of carbonyl (C=O) groups excluding carboxylic acids is 1. The van der Waals surface area contributed by atoms with Crippen LogP contribution < -0.4 is 10.3 Å². The molecular weight excluding hydrogens is 330 g/mol. The summed E-state index contributed by atoms with van der Waals surface area (Å²) in [5, 5.41) is 7.74. The average Bonchev–Trinajstić information content (AvgIpc) is 2.65. The standard InChI is InChI=1S/C20H21N3O3/c1-14-7-9-15(10-8-14)26-12-11-23(2)19(24)13-18-16-5-3-4-6-17(16)20(25)22-21-18/h3-10H,11-13H2,1-2H3,(H,22,25). The first-order chi connectivity index (χ1) is 12.5. The number of nitrogens with zero attached hydrogens (tertiary/aromatic N) is 2. The third-order valence-corrected chi connectivity index (χ3v) is 4.24. The van der Waals surface area contributed by atoms with Gasteiger partial charge in [0.1, 0.15) is 12.4 Å². The molecule has 1 amide bonds. The molecule has 0 atom stereocenters. The number of aromatic nitrogens is 2. The molecule has 134 valence electrons. The molecule has 0 saturated carbocycles.